The minimum Gasteiger partial charge on any atom is -0.480 e. The average molecular weight is 251 g/mol. The quantitative estimate of drug-likeness (QED) is 0.608. The third kappa shape index (κ3) is 4.58. The molecule has 0 saturated carbocycles. The number of rotatable bonds is 5. The standard InChI is InChI=1S/C8H13NO6S/c10-7(3-15-4-8(11)12)9-6-1-2-16(13,14)5-6/h6H,1-5H2,(H,9,10)(H,11,12). The Bertz CT molecular complexity index is 376. The number of carboxylic acids is 1. The summed E-state index contributed by atoms with van der Waals surface area (Å²) >= 11 is 0. The van der Waals surface area contributed by atoms with Crippen LogP contribution in [0.5, 0.6) is 0 Å². The smallest absolute Gasteiger partial charge is 0.329 e. The van der Waals surface area contributed by atoms with Gasteiger partial charge in [0, 0.05) is 6.04 Å². The first-order valence-electron chi connectivity index (χ1n) is 4.68. The first-order valence-corrected chi connectivity index (χ1v) is 6.50. The lowest BCUT2D eigenvalue weighted by molar-refractivity contribution is -0.143. The predicted octanol–water partition coefficient (Wildman–Crippen LogP) is -1.61. The van der Waals surface area contributed by atoms with Crippen LogP contribution in [-0.2, 0) is 24.2 Å². The number of sulfone groups is 1. The second kappa shape index (κ2) is 5.26. The number of nitrogens with one attached hydrogen (secondary N) is 1. The Morgan fingerprint density at radius 2 is 2.06 bits per heavy atom. The van der Waals surface area contributed by atoms with Crippen molar-refractivity contribution < 1.29 is 27.9 Å². The number of aliphatic carboxylic acids is 1. The number of hydrogen-bond donors (Lipinski definition) is 2. The zero-order valence-electron chi connectivity index (χ0n) is 8.51. The van der Waals surface area contributed by atoms with Gasteiger partial charge in [-0.1, -0.05) is 0 Å². The molecule has 1 fully saturated rings. The second-order valence-electron chi connectivity index (χ2n) is 3.55. The molecule has 1 heterocycles. The maximum atomic E-state index is 11.2. The van der Waals surface area contributed by atoms with E-state index in [1.54, 1.807) is 0 Å². The lowest BCUT2D eigenvalue weighted by Gasteiger charge is -2.10. The molecule has 1 aliphatic heterocycles. The monoisotopic (exact) mass is 251 g/mol. The first kappa shape index (κ1) is 12.9. The molecule has 2 N–H and O–H groups in total. The molecule has 0 radical (unpaired) electrons. The van der Waals surface area contributed by atoms with Crippen LogP contribution in [0, 0.1) is 0 Å². The molecule has 1 unspecified atom stereocenters. The summed E-state index contributed by atoms with van der Waals surface area (Å²) in [5.41, 5.74) is 0. The summed E-state index contributed by atoms with van der Waals surface area (Å²) in [6, 6.07) is -0.383. The van der Waals surface area contributed by atoms with E-state index in [2.05, 4.69) is 10.1 Å². The Kier molecular flexibility index (Phi) is 4.25. The summed E-state index contributed by atoms with van der Waals surface area (Å²) < 4.78 is 26.7. The molecule has 92 valence electrons. The predicted molar refractivity (Wildman–Crippen MR) is 53.7 cm³/mol. The Labute approximate surface area is 92.7 Å². The molecule has 1 amide bonds. The van der Waals surface area contributed by atoms with Gasteiger partial charge in [-0.15, -0.1) is 0 Å². The van der Waals surface area contributed by atoms with E-state index in [-0.39, 0.29) is 24.2 Å². The molecule has 1 atom stereocenters. The van der Waals surface area contributed by atoms with Crippen LogP contribution in [0.25, 0.3) is 0 Å². The highest BCUT2D eigenvalue weighted by Crippen LogP contribution is 2.10. The molecule has 1 rings (SSSR count). The molecule has 1 aliphatic rings. The Hall–Kier alpha value is -1.15. The van der Waals surface area contributed by atoms with Crippen LogP contribution in [0.1, 0.15) is 6.42 Å². The highest BCUT2D eigenvalue weighted by molar-refractivity contribution is 7.91. The zero-order chi connectivity index (χ0) is 12.2. The minimum atomic E-state index is -3.02. The normalized spacial score (nSPS) is 22.9. The van der Waals surface area contributed by atoms with Crippen molar-refractivity contribution in [2.24, 2.45) is 0 Å². The minimum absolute atomic E-state index is 0.0579. The molecular formula is C8H13NO6S. The molecular weight excluding hydrogens is 238 g/mol. The van der Waals surface area contributed by atoms with Crippen LogP contribution in [0.3, 0.4) is 0 Å². The summed E-state index contributed by atoms with van der Waals surface area (Å²) in [5.74, 6) is -1.63. The lowest BCUT2D eigenvalue weighted by atomic mass is 10.2. The van der Waals surface area contributed by atoms with Gasteiger partial charge in [0.05, 0.1) is 11.5 Å². The molecule has 0 aromatic rings. The fraction of sp³-hybridized carbons (Fsp3) is 0.750. The number of carboxylic acid groups (broad SMARTS) is 1. The van der Waals surface area contributed by atoms with Gasteiger partial charge in [0.2, 0.25) is 5.91 Å². The Balaban J connectivity index is 2.23. The molecule has 8 heteroatoms. The summed E-state index contributed by atoms with van der Waals surface area (Å²) in [7, 11) is -3.02. The van der Waals surface area contributed by atoms with Crippen molar-refractivity contribution in [2.45, 2.75) is 12.5 Å². The highest BCUT2D eigenvalue weighted by atomic mass is 32.2. The van der Waals surface area contributed by atoms with Gasteiger partial charge >= 0.3 is 5.97 Å². The van der Waals surface area contributed by atoms with Gasteiger partial charge in [0.15, 0.2) is 9.84 Å². The van der Waals surface area contributed by atoms with Crippen molar-refractivity contribution in [1.82, 2.24) is 5.32 Å². The van der Waals surface area contributed by atoms with Crippen LogP contribution >= 0.6 is 0 Å². The summed E-state index contributed by atoms with van der Waals surface area (Å²) in [4.78, 5) is 21.2. The fourth-order valence-electron chi connectivity index (χ4n) is 1.41. The van der Waals surface area contributed by atoms with Gasteiger partial charge in [0.1, 0.15) is 13.2 Å². The second-order valence-corrected chi connectivity index (χ2v) is 5.78. The van der Waals surface area contributed by atoms with Gasteiger partial charge in [-0.25, -0.2) is 13.2 Å². The third-order valence-corrected chi connectivity index (χ3v) is 3.82. The van der Waals surface area contributed by atoms with E-state index in [4.69, 9.17) is 5.11 Å². The maximum Gasteiger partial charge on any atom is 0.329 e. The van der Waals surface area contributed by atoms with Gasteiger partial charge in [-0.3, -0.25) is 4.79 Å². The topological polar surface area (TPSA) is 110 Å². The van der Waals surface area contributed by atoms with Crippen molar-refractivity contribution >= 4 is 21.7 Å². The number of carbonyl (C=O) groups excluding carboxylic acids is 1. The largest absolute Gasteiger partial charge is 0.480 e. The summed E-state index contributed by atoms with van der Waals surface area (Å²) in [6.07, 6.45) is 0.396. The van der Waals surface area contributed by atoms with Crippen LogP contribution in [0.15, 0.2) is 0 Å². The van der Waals surface area contributed by atoms with Crippen molar-refractivity contribution in [3.05, 3.63) is 0 Å². The van der Waals surface area contributed by atoms with Gasteiger partial charge in [-0.2, -0.15) is 0 Å². The van der Waals surface area contributed by atoms with Crippen molar-refractivity contribution in [2.75, 3.05) is 24.7 Å². The number of ether oxygens (including phenoxy) is 1. The van der Waals surface area contributed by atoms with Gasteiger partial charge in [0.25, 0.3) is 0 Å². The maximum absolute atomic E-state index is 11.2. The van der Waals surface area contributed by atoms with Crippen molar-refractivity contribution in [1.29, 1.82) is 0 Å². The van der Waals surface area contributed by atoms with Crippen LogP contribution in [0.2, 0.25) is 0 Å². The van der Waals surface area contributed by atoms with Gasteiger partial charge in [-0.05, 0) is 6.42 Å². The van der Waals surface area contributed by atoms with Crippen molar-refractivity contribution in [3.8, 4) is 0 Å². The van der Waals surface area contributed by atoms with E-state index in [0.717, 1.165) is 0 Å². The molecule has 0 spiro atoms. The van der Waals surface area contributed by atoms with Crippen molar-refractivity contribution in [3.63, 3.8) is 0 Å². The average Bonchev–Trinajstić information content (AvgIpc) is 2.44. The SMILES string of the molecule is O=C(O)COCC(=O)NC1CCS(=O)(=O)C1. The number of carbonyl (C=O) groups is 2. The number of amides is 1. The molecule has 16 heavy (non-hydrogen) atoms. The summed E-state index contributed by atoms with van der Waals surface area (Å²) in [5, 5.41) is 10.7. The van der Waals surface area contributed by atoms with E-state index < -0.39 is 28.3 Å². The molecule has 0 aromatic carbocycles. The van der Waals surface area contributed by atoms with E-state index in [0.29, 0.717) is 6.42 Å². The van der Waals surface area contributed by atoms with Crippen LogP contribution in [-0.4, -0.2) is 56.2 Å². The van der Waals surface area contributed by atoms with E-state index in [1.165, 1.54) is 0 Å². The molecule has 7 nitrogen and oxygen atoms in total. The summed E-state index contributed by atoms with van der Waals surface area (Å²) in [6.45, 7) is -0.917. The van der Waals surface area contributed by atoms with Crippen LogP contribution in [0.4, 0.5) is 0 Å². The van der Waals surface area contributed by atoms with Gasteiger partial charge < -0.3 is 15.2 Å². The van der Waals surface area contributed by atoms with Crippen LogP contribution < -0.4 is 5.32 Å². The third-order valence-electron chi connectivity index (χ3n) is 2.06. The van der Waals surface area contributed by atoms with E-state index >= 15 is 0 Å². The molecule has 0 aliphatic carbocycles. The van der Waals surface area contributed by atoms with E-state index in [9.17, 15) is 18.0 Å². The highest BCUT2D eigenvalue weighted by Gasteiger charge is 2.28. The molecule has 0 bridgehead atoms. The molecule has 0 aromatic heterocycles. The first-order chi connectivity index (χ1) is 7.39. The number of hydrogen-bond acceptors (Lipinski definition) is 5. The Morgan fingerprint density at radius 3 is 2.56 bits per heavy atom. The fourth-order valence-corrected chi connectivity index (χ4v) is 3.08. The molecule has 1 saturated heterocycles. The van der Waals surface area contributed by atoms with E-state index in [1.807, 2.05) is 0 Å². The zero-order valence-corrected chi connectivity index (χ0v) is 9.33. The lowest BCUT2D eigenvalue weighted by Crippen LogP contribution is -2.38. The Morgan fingerprint density at radius 1 is 1.38 bits per heavy atom.